The van der Waals surface area contributed by atoms with Gasteiger partial charge in [-0.3, -0.25) is 4.79 Å². The highest BCUT2D eigenvalue weighted by Gasteiger charge is 2.26. The number of amides is 1. The predicted octanol–water partition coefficient (Wildman–Crippen LogP) is 2.34. The van der Waals surface area contributed by atoms with Gasteiger partial charge in [-0.25, -0.2) is 9.48 Å². The van der Waals surface area contributed by atoms with Gasteiger partial charge in [-0.15, -0.1) is 0 Å². The number of ether oxygens (including phenoxy) is 2. The molecule has 25 heavy (non-hydrogen) atoms. The Bertz CT molecular complexity index is 747. The summed E-state index contributed by atoms with van der Waals surface area (Å²) in [4.78, 5) is 24.5. The molecule has 0 saturated heterocycles. The third-order valence-corrected chi connectivity index (χ3v) is 3.27. The second kappa shape index (κ2) is 7.38. The van der Waals surface area contributed by atoms with Crippen molar-refractivity contribution in [1.29, 1.82) is 0 Å². The summed E-state index contributed by atoms with van der Waals surface area (Å²) in [5, 5.41) is 6.99. The molecule has 1 aromatic heterocycles. The maximum atomic E-state index is 12.4. The lowest BCUT2D eigenvalue weighted by molar-refractivity contribution is -0.130. The second-order valence-corrected chi connectivity index (χ2v) is 6.61. The topological polar surface area (TPSA) is 82.5 Å². The first-order chi connectivity index (χ1) is 11.7. The molecular formula is C18H23N3O4. The first-order valence-electron chi connectivity index (χ1n) is 7.93. The van der Waals surface area contributed by atoms with Crippen molar-refractivity contribution in [1.82, 2.24) is 15.1 Å². The van der Waals surface area contributed by atoms with Crippen LogP contribution in [0.25, 0.3) is 5.69 Å². The third kappa shape index (κ3) is 4.82. The molecule has 0 spiro atoms. The molecule has 0 aliphatic rings. The van der Waals surface area contributed by atoms with Gasteiger partial charge >= 0.3 is 5.97 Å². The van der Waals surface area contributed by atoms with Crippen molar-refractivity contribution in [3.05, 3.63) is 42.2 Å². The maximum Gasteiger partial charge on any atom is 0.363 e. The molecule has 1 aromatic carbocycles. The number of aromatic nitrogens is 2. The fraction of sp³-hybridized carbons (Fsp3) is 0.389. The van der Waals surface area contributed by atoms with E-state index in [1.54, 1.807) is 6.20 Å². The first kappa shape index (κ1) is 18.5. The quantitative estimate of drug-likeness (QED) is 0.841. The van der Waals surface area contributed by atoms with Crippen LogP contribution < -0.4 is 10.1 Å². The molecule has 2 aromatic rings. The zero-order chi connectivity index (χ0) is 18.6. The Morgan fingerprint density at radius 3 is 2.40 bits per heavy atom. The molecule has 1 amide bonds. The van der Waals surface area contributed by atoms with E-state index in [0.29, 0.717) is 0 Å². The summed E-state index contributed by atoms with van der Waals surface area (Å²) in [6, 6.07) is 9.30. The molecule has 0 aliphatic carbocycles. The minimum absolute atomic E-state index is 0.0155. The largest absolute Gasteiger partial charge is 0.493 e. The lowest BCUT2D eigenvalue weighted by Crippen LogP contribution is -2.46. The lowest BCUT2D eigenvalue weighted by Gasteiger charge is -2.23. The summed E-state index contributed by atoms with van der Waals surface area (Å²) >= 11 is 0. The number of hydrogen-bond acceptors (Lipinski definition) is 5. The Balaban J connectivity index is 2.16. The zero-order valence-corrected chi connectivity index (χ0v) is 15.1. The van der Waals surface area contributed by atoms with E-state index in [2.05, 4.69) is 10.4 Å². The number of esters is 1. The average molecular weight is 345 g/mol. The molecule has 0 bridgehead atoms. The van der Waals surface area contributed by atoms with Gasteiger partial charge in [0.2, 0.25) is 5.69 Å². The number of carbonyl (C=O) groups is 2. The van der Waals surface area contributed by atoms with Crippen molar-refractivity contribution in [3.8, 4) is 11.4 Å². The first-order valence-corrected chi connectivity index (χ1v) is 7.93. The van der Waals surface area contributed by atoms with Crippen LogP contribution in [0.15, 0.2) is 36.5 Å². The number of rotatable bonds is 5. The SMILES string of the molecule is COc1cn(-c2ccccc2)nc1C(=O)O[C@@H](C)C(=O)NC(C)(C)C. The van der Waals surface area contributed by atoms with Crippen LogP contribution in [0.1, 0.15) is 38.2 Å². The monoisotopic (exact) mass is 345 g/mol. The number of benzene rings is 1. The van der Waals surface area contributed by atoms with Gasteiger partial charge in [0.15, 0.2) is 11.9 Å². The van der Waals surface area contributed by atoms with Gasteiger partial charge in [-0.2, -0.15) is 5.10 Å². The van der Waals surface area contributed by atoms with Crippen LogP contribution in [0.2, 0.25) is 0 Å². The van der Waals surface area contributed by atoms with E-state index in [0.717, 1.165) is 5.69 Å². The Hall–Kier alpha value is -2.83. The zero-order valence-electron chi connectivity index (χ0n) is 15.1. The fourth-order valence-corrected chi connectivity index (χ4v) is 2.10. The summed E-state index contributed by atoms with van der Waals surface area (Å²) in [6.45, 7) is 7.07. The number of hydrogen-bond donors (Lipinski definition) is 1. The van der Waals surface area contributed by atoms with Gasteiger partial charge in [0.1, 0.15) is 0 Å². The van der Waals surface area contributed by atoms with Gasteiger partial charge in [-0.05, 0) is 39.8 Å². The molecule has 134 valence electrons. The molecule has 0 unspecified atom stereocenters. The number of methoxy groups -OCH3 is 1. The minimum Gasteiger partial charge on any atom is -0.493 e. The van der Waals surface area contributed by atoms with E-state index in [4.69, 9.17) is 9.47 Å². The van der Waals surface area contributed by atoms with Crippen molar-refractivity contribution in [2.45, 2.75) is 39.3 Å². The average Bonchev–Trinajstić information content (AvgIpc) is 2.98. The van der Waals surface area contributed by atoms with Crippen LogP contribution in [0.5, 0.6) is 5.75 Å². The molecule has 1 atom stereocenters. The number of nitrogens with zero attached hydrogens (tertiary/aromatic N) is 2. The molecule has 2 rings (SSSR count). The molecule has 1 N–H and O–H groups in total. The van der Waals surface area contributed by atoms with Gasteiger partial charge in [0.05, 0.1) is 19.0 Å². The molecule has 7 heteroatoms. The van der Waals surface area contributed by atoms with Gasteiger partial charge in [0.25, 0.3) is 5.91 Å². The van der Waals surface area contributed by atoms with E-state index < -0.39 is 17.6 Å². The summed E-state index contributed by atoms with van der Waals surface area (Å²) < 4.78 is 12.0. The maximum absolute atomic E-state index is 12.4. The number of para-hydroxylation sites is 1. The molecule has 0 aliphatic heterocycles. The van der Waals surface area contributed by atoms with Crippen molar-refractivity contribution in [3.63, 3.8) is 0 Å². The van der Waals surface area contributed by atoms with E-state index in [1.807, 2.05) is 51.1 Å². The molecule has 0 saturated carbocycles. The van der Waals surface area contributed by atoms with Crippen molar-refractivity contribution < 1.29 is 19.1 Å². The van der Waals surface area contributed by atoms with Crippen LogP contribution in [0.3, 0.4) is 0 Å². The van der Waals surface area contributed by atoms with Crippen LogP contribution in [0.4, 0.5) is 0 Å². The van der Waals surface area contributed by atoms with E-state index in [-0.39, 0.29) is 17.4 Å². The molecule has 0 radical (unpaired) electrons. The van der Waals surface area contributed by atoms with Crippen LogP contribution >= 0.6 is 0 Å². The Morgan fingerprint density at radius 1 is 1.20 bits per heavy atom. The van der Waals surface area contributed by atoms with Crippen LogP contribution in [-0.4, -0.2) is 40.4 Å². The van der Waals surface area contributed by atoms with Gasteiger partial charge < -0.3 is 14.8 Å². The van der Waals surface area contributed by atoms with Crippen LogP contribution in [-0.2, 0) is 9.53 Å². The molecule has 1 heterocycles. The summed E-state index contributed by atoms with van der Waals surface area (Å²) in [5.74, 6) is -0.817. The molecular weight excluding hydrogens is 322 g/mol. The minimum atomic E-state index is -0.946. The lowest BCUT2D eigenvalue weighted by atomic mass is 10.1. The Morgan fingerprint density at radius 2 is 1.84 bits per heavy atom. The van der Waals surface area contributed by atoms with Gasteiger partial charge in [-0.1, -0.05) is 18.2 Å². The highest BCUT2D eigenvalue weighted by atomic mass is 16.6. The normalized spacial score (nSPS) is 12.4. The van der Waals surface area contributed by atoms with E-state index >= 15 is 0 Å². The summed E-state index contributed by atoms with van der Waals surface area (Å²) in [5.41, 5.74) is 0.379. The highest BCUT2D eigenvalue weighted by Crippen LogP contribution is 2.20. The van der Waals surface area contributed by atoms with Crippen molar-refractivity contribution in [2.75, 3.05) is 7.11 Å². The fourth-order valence-electron chi connectivity index (χ4n) is 2.10. The van der Waals surface area contributed by atoms with Crippen molar-refractivity contribution >= 4 is 11.9 Å². The third-order valence-electron chi connectivity index (χ3n) is 3.27. The van der Waals surface area contributed by atoms with Gasteiger partial charge in [0, 0.05) is 5.54 Å². The molecule has 0 fully saturated rings. The summed E-state index contributed by atoms with van der Waals surface area (Å²) in [7, 11) is 1.44. The number of carbonyl (C=O) groups excluding carboxylic acids is 2. The Labute approximate surface area is 146 Å². The highest BCUT2D eigenvalue weighted by molar-refractivity contribution is 5.93. The smallest absolute Gasteiger partial charge is 0.363 e. The molecule has 7 nitrogen and oxygen atoms in total. The number of nitrogens with one attached hydrogen (secondary N) is 1. The van der Waals surface area contributed by atoms with E-state index in [9.17, 15) is 9.59 Å². The predicted molar refractivity (Wildman–Crippen MR) is 92.9 cm³/mol. The van der Waals surface area contributed by atoms with Crippen LogP contribution in [0, 0.1) is 0 Å². The standard InChI is InChI=1S/C18H23N3O4/c1-12(16(22)19-18(2,3)4)25-17(23)15-14(24-5)11-21(20-15)13-9-7-6-8-10-13/h6-12H,1-5H3,(H,19,22)/t12-/m0/s1. The van der Waals surface area contributed by atoms with E-state index in [1.165, 1.54) is 18.7 Å². The Kier molecular flexibility index (Phi) is 5.46. The van der Waals surface area contributed by atoms with Crippen molar-refractivity contribution in [2.24, 2.45) is 0 Å². The second-order valence-electron chi connectivity index (χ2n) is 6.61. The summed E-state index contributed by atoms with van der Waals surface area (Å²) in [6.07, 6.45) is 0.643.